The highest BCUT2D eigenvalue weighted by molar-refractivity contribution is 5.93. The summed E-state index contributed by atoms with van der Waals surface area (Å²) >= 11 is 0. The monoisotopic (exact) mass is 344 g/mol. The first kappa shape index (κ1) is 16.2. The Bertz CT molecular complexity index is 761. The van der Waals surface area contributed by atoms with Crippen molar-refractivity contribution in [3.05, 3.63) is 23.1 Å². The zero-order valence-electron chi connectivity index (χ0n) is 14.8. The predicted molar refractivity (Wildman–Crippen MR) is 89.0 cm³/mol. The van der Waals surface area contributed by atoms with Gasteiger partial charge in [0.2, 0.25) is 5.89 Å². The zero-order valence-corrected chi connectivity index (χ0v) is 14.8. The van der Waals surface area contributed by atoms with Gasteiger partial charge in [-0.3, -0.25) is 4.79 Å². The second-order valence-electron chi connectivity index (χ2n) is 7.27. The maximum atomic E-state index is 12.8. The maximum Gasteiger partial charge on any atom is 0.276 e. The Morgan fingerprint density at radius 2 is 2.04 bits per heavy atom. The van der Waals surface area contributed by atoms with Gasteiger partial charge in [-0.1, -0.05) is 23.2 Å². The standard InChI is InChI=1S/C17H24N6O2/c1-11-15(19-21-23(11)9-13-5-3-4-6-13)17(24)22-8-7-14(10-22)16-18-12(2)20-25-16/h13-14H,3-10H2,1-2H3/t14-/m0/s1. The van der Waals surface area contributed by atoms with Gasteiger partial charge >= 0.3 is 0 Å². The van der Waals surface area contributed by atoms with Crippen molar-refractivity contribution in [2.75, 3.05) is 13.1 Å². The molecular formula is C17H24N6O2. The molecule has 1 aliphatic carbocycles. The lowest BCUT2D eigenvalue weighted by molar-refractivity contribution is 0.0783. The molecule has 0 N–H and O–H groups in total. The van der Waals surface area contributed by atoms with Crippen LogP contribution in [0.4, 0.5) is 0 Å². The van der Waals surface area contributed by atoms with Crippen molar-refractivity contribution in [1.82, 2.24) is 30.0 Å². The lowest BCUT2D eigenvalue weighted by Crippen LogP contribution is -2.29. The van der Waals surface area contributed by atoms with Crippen molar-refractivity contribution in [1.29, 1.82) is 0 Å². The third kappa shape index (κ3) is 3.17. The fourth-order valence-electron chi connectivity index (χ4n) is 3.94. The number of rotatable bonds is 4. The average molecular weight is 344 g/mol. The Morgan fingerprint density at radius 3 is 2.76 bits per heavy atom. The summed E-state index contributed by atoms with van der Waals surface area (Å²) in [6.07, 6.45) is 5.94. The van der Waals surface area contributed by atoms with Crippen LogP contribution in [0.25, 0.3) is 0 Å². The van der Waals surface area contributed by atoms with Gasteiger partial charge in [-0.05, 0) is 39.0 Å². The molecule has 0 aromatic carbocycles. The highest BCUT2D eigenvalue weighted by atomic mass is 16.5. The number of aromatic nitrogens is 5. The van der Waals surface area contributed by atoms with E-state index in [9.17, 15) is 4.79 Å². The van der Waals surface area contributed by atoms with E-state index >= 15 is 0 Å². The SMILES string of the molecule is Cc1noc([C@H]2CCN(C(=O)c3nnn(CC4CCCC4)c3C)C2)n1. The van der Waals surface area contributed by atoms with Crippen LogP contribution in [-0.4, -0.2) is 49.0 Å². The van der Waals surface area contributed by atoms with Crippen molar-refractivity contribution >= 4 is 5.91 Å². The van der Waals surface area contributed by atoms with Gasteiger partial charge in [0.15, 0.2) is 11.5 Å². The van der Waals surface area contributed by atoms with Gasteiger partial charge in [0.25, 0.3) is 5.91 Å². The van der Waals surface area contributed by atoms with E-state index in [4.69, 9.17) is 4.52 Å². The summed E-state index contributed by atoms with van der Waals surface area (Å²) in [7, 11) is 0. The van der Waals surface area contributed by atoms with Crippen molar-refractivity contribution in [2.45, 2.75) is 58.4 Å². The highest BCUT2D eigenvalue weighted by Crippen LogP contribution is 2.28. The molecule has 2 fully saturated rings. The van der Waals surface area contributed by atoms with Crippen LogP contribution < -0.4 is 0 Å². The van der Waals surface area contributed by atoms with Gasteiger partial charge in [-0.15, -0.1) is 5.10 Å². The van der Waals surface area contributed by atoms with E-state index < -0.39 is 0 Å². The lowest BCUT2D eigenvalue weighted by atomic mass is 10.1. The van der Waals surface area contributed by atoms with Crippen molar-refractivity contribution < 1.29 is 9.32 Å². The molecule has 1 amide bonds. The Morgan fingerprint density at radius 1 is 1.24 bits per heavy atom. The van der Waals surface area contributed by atoms with E-state index in [1.807, 2.05) is 16.5 Å². The van der Waals surface area contributed by atoms with Crippen LogP contribution in [0.5, 0.6) is 0 Å². The molecule has 8 nitrogen and oxygen atoms in total. The quantitative estimate of drug-likeness (QED) is 0.844. The summed E-state index contributed by atoms with van der Waals surface area (Å²) in [4.78, 5) is 19.0. The molecule has 0 unspecified atom stereocenters. The fourth-order valence-corrected chi connectivity index (χ4v) is 3.94. The number of aryl methyl sites for hydroxylation is 1. The molecule has 0 bridgehead atoms. The number of carbonyl (C=O) groups excluding carboxylic acids is 1. The minimum absolute atomic E-state index is 0.0473. The zero-order chi connectivity index (χ0) is 17.4. The number of nitrogens with zero attached hydrogens (tertiary/aromatic N) is 6. The first-order chi connectivity index (χ1) is 12.1. The van der Waals surface area contributed by atoms with Gasteiger partial charge < -0.3 is 9.42 Å². The first-order valence-corrected chi connectivity index (χ1v) is 9.11. The Hall–Kier alpha value is -2.25. The molecule has 1 aliphatic heterocycles. The summed E-state index contributed by atoms with van der Waals surface area (Å²) < 4.78 is 7.15. The second-order valence-corrected chi connectivity index (χ2v) is 7.27. The number of amides is 1. The minimum atomic E-state index is -0.0473. The van der Waals surface area contributed by atoms with E-state index in [2.05, 4.69) is 20.5 Å². The third-order valence-corrected chi connectivity index (χ3v) is 5.46. The van der Waals surface area contributed by atoms with Gasteiger partial charge in [0, 0.05) is 19.6 Å². The number of hydrogen-bond donors (Lipinski definition) is 0. The number of likely N-dealkylation sites (tertiary alicyclic amines) is 1. The topological polar surface area (TPSA) is 89.9 Å². The molecule has 1 saturated carbocycles. The van der Waals surface area contributed by atoms with Crippen LogP contribution in [-0.2, 0) is 6.54 Å². The largest absolute Gasteiger partial charge is 0.339 e. The van der Waals surface area contributed by atoms with E-state index in [-0.39, 0.29) is 11.8 Å². The molecule has 3 heterocycles. The molecule has 4 rings (SSSR count). The molecule has 0 spiro atoms. The van der Waals surface area contributed by atoms with Gasteiger partial charge in [-0.25, -0.2) is 4.68 Å². The Labute approximate surface area is 146 Å². The molecule has 2 aromatic rings. The third-order valence-electron chi connectivity index (χ3n) is 5.46. The second kappa shape index (κ2) is 6.57. The van der Waals surface area contributed by atoms with Gasteiger partial charge in [0.05, 0.1) is 11.6 Å². The van der Waals surface area contributed by atoms with E-state index in [1.165, 1.54) is 25.7 Å². The molecule has 2 aromatic heterocycles. The van der Waals surface area contributed by atoms with Crippen molar-refractivity contribution in [2.24, 2.45) is 5.92 Å². The normalized spacial score (nSPS) is 21.4. The molecule has 25 heavy (non-hydrogen) atoms. The van der Waals surface area contributed by atoms with Crippen LogP contribution in [0.15, 0.2) is 4.52 Å². The van der Waals surface area contributed by atoms with Crippen molar-refractivity contribution in [3.63, 3.8) is 0 Å². The van der Waals surface area contributed by atoms with E-state index in [1.54, 1.807) is 6.92 Å². The molecule has 8 heteroatoms. The molecule has 1 atom stereocenters. The molecule has 2 aliphatic rings. The summed E-state index contributed by atoms with van der Waals surface area (Å²) in [5.41, 5.74) is 1.34. The van der Waals surface area contributed by atoms with Crippen LogP contribution >= 0.6 is 0 Å². The average Bonchev–Trinajstić information content (AvgIpc) is 3.36. The maximum absolute atomic E-state index is 12.8. The Balaban J connectivity index is 1.43. The molecular weight excluding hydrogens is 320 g/mol. The van der Waals surface area contributed by atoms with Crippen LogP contribution in [0.2, 0.25) is 0 Å². The van der Waals surface area contributed by atoms with Crippen molar-refractivity contribution in [3.8, 4) is 0 Å². The van der Waals surface area contributed by atoms with Gasteiger partial charge in [-0.2, -0.15) is 4.98 Å². The predicted octanol–water partition coefficient (Wildman–Crippen LogP) is 2.10. The van der Waals surface area contributed by atoms with Gasteiger partial charge in [0.1, 0.15) is 0 Å². The summed E-state index contributed by atoms with van der Waals surface area (Å²) in [5, 5.41) is 12.2. The number of hydrogen-bond acceptors (Lipinski definition) is 6. The summed E-state index contributed by atoms with van der Waals surface area (Å²) in [5.74, 6) is 1.98. The lowest BCUT2D eigenvalue weighted by Gasteiger charge is -2.15. The molecule has 1 saturated heterocycles. The Kier molecular flexibility index (Phi) is 4.27. The van der Waals surface area contributed by atoms with Crippen LogP contribution in [0.1, 0.15) is 65.9 Å². The molecule has 0 radical (unpaired) electrons. The minimum Gasteiger partial charge on any atom is -0.339 e. The van der Waals surface area contributed by atoms with Crippen LogP contribution in [0.3, 0.4) is 0 Å². The van der Waals surface area contributed by atoms with E-state index in [0.29, 0.717) is 36.4 Å². The van der Waals surface area contributed by atoms with Crippen LogP contribution in [0, 0.1) is 19.8 Å². The summed E-state index contributed by atoms with van der Waals surface area (Å²) in [6.45, 7) is 5.89. The highest BCUT2D eigenvalue weighted by Gasteiger charge is 2.33. The van der Waals surface area contributed by atoms with E-state index in [0.717, 1.165) is 18.7 Å². The molecule has 134 valence electrons. The summed E-state index contributed by atoms with van der Waals surface area (Å²) in [6, 6.07) is 0. The fraction of sp³-hybridized carbons (Fsp3) is 0.706. The smallest absolute Gasteiger partial charge is 0.276 e. The number of carbonyl (C=O) groups is 1. The first-order valence-electron chi connectivity index (χ1n) is 9.11.